The number of benzene rings is 1. The molecule has 4 nitrogen and oxygen atoms in total. The van der Waals surface area contributed by atoms with Gasteiger partial charge in [0.25, 0.3) is 0 Å². The minimum absolute atomic E-state index is 0.524. The highest BCUT2D eigenvalue weighted by atomic mass is 79.9. The second-order valence-corrected chi connectivity index (χ2v) is 4.80. The Kier molecular flexibility index (Phi) is 4.96. The molecule has 0 amide bonds. The summed E-state index contributed by atoms with van der Waals surface area (Å²) in [6.45, 7) is 2.18. The summed E-state index contributed by atoms with van der Waals surface area (Å²) in [5.41, 5.74) is 0.956. The third-order valence-corrected chi connectivity index (χ3v) is 3.17. The molecule has 0 heterocycles. The Morgan fingerprint density at radius 2 is 2.24 bits per heavy atom. The third-order valence-electron chi connectivity index (χ3n) is 2.68. The van der Waals surface area contributed by atoms with Gasteiger partial charge in [-0.15, -0.1) is 0 Å². The van der Waals surface area contributed by atoms with Crippen molar-refractivity contribution in [2.75, 3.05) is 14.2 Å². The molecule has 17 heavy (non-hydrogen) atoms. The third kappa shape index (κ3) is 3.71. The number of carbonyl (C=O) groups is 1. The second-order valence-electron chi connectivity index (χ2n) is 3.89. The number of ether oxygens (including phenoxy) is 1. The molecule has 0 aromatic heterocycles. The summed E-state index contributed by atoms with van der Waals surface area (Å²) in [4.78, 5) is 12.6. The molecule has 0 aliphatic heterocycles. The Bertz CT molecular complexity index is 409. The lowest BCUT2D eigenvalue weighted by atomic mass is 10.1. The van der Waals surface area contributed by atoms with Crippen LogP contribution in [0.2, 0.25) is 0 Å². The predicted molar refractivity (Wildman–Crippen MR) is 69.3 cm³/mol. The van der Waals surface area contributed by atoms with E-state index in [-0.39, 0.29) is 0 Å². The molecule has 0 bridgehead atoms. The maximum absolute atomic E-state index is 10.9. The number of hydrogen-bond acceptors (Lipinski definition) is 3. The van der Waals surface area contributed by atoms with E-state index < -0.39 is 12.0 Å². The molecule has 0 aliphatic rings. The molecular weight excluding hydrogens is 286 g/mol. The van der Waals surface area contributed by atoms with E-state index >= 15 is 0 Å². The van der Waals surface area contributed by atoms with Gasteiger partial charge in [0, 0.05) is 16.6 Å². The fraction of sp³-hybridized carbons (Fsp3) is 0.417. The van der Waals surface area contributed by atoms with Gasteiger partial charge >= 0.3 is 5.97 Å². The molecule has 0 spiro atoms. The summed E-state index contributed by atoms with van der Waals surface area (Å²) in [7, 11) is 3.38. The van der Waals surface area contributed by atoms with Crippen molar-refractivity contribution in [1.82, 2.24) is 4.90 Å². The standard InChI is InChI=1S/C12H16BrNO3/c1-8(12(15)16)14(2)7-9-6-10(13)4-5-11(9)17-3/h4-6,8H,7H2,1-3H3,(H,15,16). The highest BCUT2D eigenvalue weighted by Crippen LogP contribution is 2.24. The Morgan fingerprint density at radius 3 is 2.76 bits per heavy atom. The van der Waals surface area contributed by atoms with Gasteiger partial charge in [-0.25, -0.2) is 0 Å². The average Bonchev–Trinajstić information content (AvgIpc) is 2.28. The quantitative estimate of drug-likeness (QED) is 0.907. The highest BCUT2D eigenvalue weighted by Gasteiger charge is 2.18. The molecule has 1 atom stereocenters. The summed E-state index contributed by atoms with van der Waals surface area (Å²) < 4.78 is 6.20. The van der Waals surface area contributed by atoms with E-state index in [0.717, 1.165) is 15.8 Å². The molecule has 0 saturated heterocycles. The fourth-order valence-corrected chi connectivity index (χ4v) is 1.87. The van der Waals surface area contributed by atoms with Crippen LogP contribution in [0.15, 0.2) is 22.7 Å². The largest absolute Gasteiger partial charge is 0.496 e. The zero-order chi connectivity index (χ0) is 13.0. The zero-order valence-corrected chi connectivity index (χ0v) is 11.7. The number of likely N-dealkylation sites (N-methyl/N-ethyl adjacent to an activating group) is 1. The Balaban J connectivity index is 2.86. The molecule has 0 saturated carbocycles. The van der Waals surface area contributed by atoms with Crippen LogP contribution in [0.5, 0.6) is 5.75 Å². The maximum atomic E-state index is 10.9. The number of hydrogen-bond donors (Lipinski definition) is 1. The number of halogens is 1. The molecule has 1 rings (SSSR count). The van der Waals surface area contributed by atoms with Crippen molar-refractivity contribution in [3.05, 3.63) is 28.2 Å². The van der Waals surface area contributed by atoms with Crippen LogP contribution in [-0.2, 0) is 11.3 Å². The molecule has 1 N–H and O–H groups in total. The number of carboxylic acid groups (broad SMARTS) is 1. The van der Waals surface area contributed by atoms with Crippen LogP contribution >= 0.6 is 15.9 Å². The van der Waals surface area contributed by atoms with Crippen LogP contribution in [0, 0.1) is 0 Å². The lowest BCUT2D eigenvalue weighted by Gasteiger charge is -2.22. The first-order valence-electron chi connectivity index (χ1n) is 5.21. The van der Waals surface area contributed by atoms with E-state index in [1.165, 1.54) is 0 Å². The van der Waals surface area contributed by atoms with Crippen LogP contribution in [-0.4, -0.2) is 36.2 Å². The molecular formula is C12H16BrNO3. The van der Waals surface area contributed by atoms with Gasteiger partial charge in [0.1, 0.15) is 11.8 Å². The first-order chi connectivity index (χ1) is 7.95. The summed E-state index contributed by atoms with van der Waals surface area (Å²) in [6, 6.07) is 5.16. The van der Waals surface area contributed by atoms with E-state index in [1.54, 1.807) is 26.0 Å². The van der Waals surface area contributed by atoms with Crippen molar-refractivity contribution in [3.8, 4) is 5.75 Å². The molecule has 94 valence electrons. The minimum atomic E-state index is -0.832. The molecule has 0 radical (unpaired) electrons. The molecule has 0 aliphatic carbocycles. The fourth-order valence-electron chi connectivity index (χ4n) is 1.46. The number of methoxy groups -OCH3 is 1. The first-order valence-corrected chi connectivity index (χ1v) is 6.00. The minimum Gasteiger partial charge on any atom is -0.496 e. The van der Waals surface area contributed by atoms with E-state index in [9.17, 15) is 4.79 Å². The van der Waals surface area contributed by atoms with Gasteiger partial charge in [-0.1, -0.05) is 15.9 Å². The lowest BCUT2D eigenvalue weighted by molar-refractivity contribution is -0.142. The number of aliphatic carboxylic acids is 1. The van der Waals surface area contributed by atoms with Gasteiger partial charge in [-0.2, -0.15) is 0 Å². The monoisotopic (exact) mass is 301 g/mol. The van der Waals surface area contributed by atoms with Gasteiger partial charge in [-0.05, 0) is 32.2 Å². The SMILES string of the molecule is COc1ccc(Br)cc1CN(C)C(C)C(=O)O. The van der Waals surface area contributed by atoms with E-state index in [2.05, 4.69) is 15.9 Å². The van der Waals surface area contributed by atoms with Crippen LogP contribution in [0.25, 0.3) is 0 Å². The first kappa shape index (κ1) is 14.0. The molecule has 5 heteroatoms. The van der Waals surface area contributed by atoms with Gasteiger partial charge in [-0.3, -0.25) is 9.69 Å². The summed E-state index contributed by atoms with van der Waals surface area (Å²) in [5.74, 6) is -0.0703. The van der Waals surface area contributed by atoms with Gasteiger partial charge in [0.2, 0.25) is 0 Å². The zero-order valence-electron chi connectivity index (χ0n) is 10.1. The maximum Gasteiger partial charge on any atom is 0.320 e. The van der Waals surface area contributed by atoms with E-state index in [0.29, 0.717) is 6.54 Å². The van der Waals surface area contributed by atoms with E-state index in [1.807, 2.05) is 18.2 Å². The van der Waals surface area contributed by atoms with Gasteiger partial charge in [0.05, 0.1) is 7.11 Å². The molecule has 1 aromatic carbocycles. The highest BCUT2D eigenvalue weighted by molar-refractivity contribution is 9.10. The normalized spacial score (nSPS) is 12.5. The van der Waals surface area contributed by atoms with Gasteiger partial charge < -0.3 is 9.84 Å². The Labute approximate surface area is 109 Å². The van der Waals surface area contributed by atoms with Crippen molar-refractivity contribution in [2.24, 2.45) is 0 Å². The van der Waals surface area contributed by atoms with Crippen molar-refractivity contribution in [1.29, 1.82) is 0 Å². The van der Waals surface area contributed by atoms with Crippen LogP contribution in [0.3, 0.4) is 0 Å². The molecule has 0 fully saturated rings. The molecule has 1 aromatic rings. The molecule has 1 unspecified atom stereocenters. The van der Waals surface area contributed by atoms with Crippen molar-refractivity contribution < 1.29 is 14.6 Å². The summed E-state index contributed by atoms with van der Waals surface area (Å²) >= 11 is 3.39. The predicted octanol–water partition coefficient (Wildman–Crippen LogP) is 2.36. The second kappa shape index (κ2) is 6.02. The number of rotatable bonds is 5. The van der Waals surface area contributed by atoms with Gasteiger partial charge in [0.15, 0.2) is 0 Å². The van der Waals surface area contributed by atoms with Crippen molar-refractivity contribution in [2.45, 2.75) is 19.5 Å². The smallest absolute Gasteiger partial charge is 0.320 e. The lowest BCUT2D eigenvalue weighted by Crippen LogP contribution is -2.35. The van der Waals surface area contributed by atoms with E-state index in [4.69, 9.17) is 9.84 Å². The van der Waals surface area contributed by atoms with Crippen LogP contribution < -0.4 is 4.74 Å². The summed E-state index contributed by atoms with van der Waals surface area (Å²) in [6.07, 6.45) is 0. The van der Waals surface area contributed by atoms with Crippen molar-refractivity contribution in [3.63, 3.8) is 0 Å². The van der Waals surface area contributed by atoms with Crippen molar-refractivity contribution >= 4 is 21.9 Å². The number of nitrogens with zero attached hydrogens (tertiary/aromatic N) is 1. The topological polar surface area (TPSA) is 49.8 Å². The number of carboxylic acids is 1. The Hall–Kier alpha value is -1.07. The average molecular weight is 302 g/mol. The summed E-state index contributed by atoms with van der Waals surface area (Å²) in [5, 5.41) is 8.93. The Morgan fingerprint density at radius 1 is 1.59 bits per heavy atom. The van der Waals surface area contributed by atoms with Crippen LogP contribution in [0.4, 0.5) is 0 Å². The van der Waals surface area contributed by atoms with Crippen LogP contribution in [0.1, 0.15) is 12.5 Å².